The molecule has 5 nitrogen and oxygen atoms in total. The zero-order valence-electron chi connectivity index (χ0n) is 15.2. The number of carboxylic acids is 1. The van der Waals surface area contributed by atoms with Gasteiger partial charge in [-0.05, 0) is 30.2 Å². The van der Waals surface area contributed by atoms with Gasteiger partial charge in [-0.25, -0.2) is 0 Å². The molecule has 2 rings (SSSR count). The molecule has 0 aromatic heterocycles. The quantitative estimate of drug-likeness (QED) is 0.494. The van der Waals surface area contributed by atoms with Gasteiger partial charge in [-0.15, -0.1) is 0 Å². The molecule has 2 aromatic carbocycles. The van der Waals surface area contributed by atoms with Crippen LogP contribution in [0.15, 0.2) is 42.5 Å². The van der Waals surface area contributed by atoms with Gasteiger partial charge < -0.3 is 20.6 Å². The Bertz CT molecular complexity index is 705. The Labute approximate surface area is 169 Å². The van der Waals surface area contributed by atoms with Crippen molar-refractivity contribution in [2.75, 3.05) is 11.9 Å². The number of aliphatic hydroxyl groups excluding tert-OH is 2. The fourth-order valence-corrected chi connectivity index (χ4v) is 2.73. The molecular formula is C20H25Cl2NO4. The third kappa shape index (κ3) is 8.63. The number of nitrogens with one attached hydrogen (secondary N) is 1. The molecule has 1 atom stereocenters. The molecule has 1 unspecified atom stereocenters. The van der Waals surface area contributed by atoms with Gasteiger partial charge in [0.05, 0.1) is 34.9 Å². The lowest BCUT2D eigenvalue weighted by atomic mass is 10.1. The molecule has 0 saturated heterocycles. The Morgan fingerprint density at radius 2 is 1.74 bits per heavy atom. The zero-order chi connectivity index (χ0) is 20.2. The van der Waals surface area contributed by atoms with Gasteiger partial charge in [0.25, 0.3) is 0 Å². The number of benzene rings is 2. The van der Waals surface area contributed by atoms with Crippen molar-refractivity contribution in [1.29, 1.82) is 0 Å². The number of hydrogen-bond donors (Lipinski definition) is 4. The Morgan fingerprint density at radius 3 is 2.30 bits per heavy atom. The number of aliphatic carboxylic acids is 1. The van der Waals surface area contributed by atoms with E-state index in [9.17, 15) is 4.79 Å². The summed E-state index contributed by atoms with van der Waals surface area (Å²) in [6.07, 6.45) is 2.26. The lowest BCUT2D eigenvalue weighted by molar-refractivity contribution is -0.136. The molecule has 7 heteroatoms. The summed E-state index contributed by atoms with van der Waals surface area (Å²) in [4.78, 5) is 10.8. The molecule has 0 aliphatic carbocycles. The van der Waals surface area contributed by atoms with E-state index in [1.165, 1.54) is 0 Å². The van der Waals surface area contributed by atoms with Gasteiger partial charge in [0.2, 0.25) is 0 Å². The highest BCUT2D eigenvalue weighted by molar-refractivity contribution is 6.39. The van der Waals surface area contributed by atoms with Crippen molar-refractivity contribution in [3.63, 3.8) is 0 Å². The second-order valence-electron chi connectivity index (χ2n) is 5.93. The van der Waals surface area contributed by atoms with Crippen molar-refractivity contribution in [2.45, 2.75) is 38.7 Å². The average molecular weight is 414 g/mol. The third-order valence-electron chi connectivity index (χ3n) is 3.68. The number of unbranched alkanes of at least 4 members (excludes halogenated alkanes) is 1. The van der Waals surface area contributed by atoms with Crippen LogP contribution in [0.1, 0.15) is 31.7 Å². The molecule has 0 radical (unpaired) electrons. The van der Waals surface area contributed by atoms with Gasteiger partial charge in [0.1, 0.15) is 0 Å². The van der Waals surface area contributed by atoms with Crippen molar-refractivity contribution >= 4 is 40.5 Å². The van der Waals surface area contributed by atoms with Gasteiger partial charge in [-0.1, -0.05) is 67.2 Å². The molecule has 0 aliphatic rings. The standard InChI is InChI=1S/C14H11Cl2NO2.C6H14O2/c15-10-5-3-6-11(16)14(10)17-12-7-2-1-4-9(12)8-13(18)19;1-2-3-4-6(8)5-7/h1-7,17H,8H2,(H,18,19);6-8H,2-5H2,1H3. The molecule has 0 fully saturated rings. The molecule has 2 aromatic rings. The van der Waals surface area contributed by atoms with Gasteiger partial charge in [0.15, 0.2) is 0 Å². The minimum Gasteiger partial charge on any atom is -0.481 e. The molecule has 27 heavy (non-hydrogen) atoms. The number of rotatable bonds is 8. The Balaban J connectivity index is 0.000000387. The zero-order valence-corrected chi connectivity index (χ0v) is 16.7. The van der Waals surface area contributed by atoms with Crippen molar-refractivity contribution in [2.24, 2.45) is 0 Å². The first-order chi connectivity index (χ1) is 12.9. The average Bonchev–Trinajstić information content (AvgIpc) is 2.64. The van der Waals surface area contributed by atoms with Crippen LogP contribution < -0.4 is 5.32 Å². The van der Waals surface area contributed by atoms with Gasteiger partial charge in [-0.3, -0.25) is 4.79 Å². The summed E-state index contributed by atoms with van der Waals surface area (Å²) in [6.45, 7) is 1.96. The number of halogens is 2. The van der Waals surface area contributed by atoms with E-state index >= 15 is 0 Å². The van der Waals surface area contributed by atoms with Crippen LogP contribution in [0.3, 0.4) is 0 Å². The van der Waals surface area contributed by atoms with E-state index in [1.807, 2.05) is 6.07 Å². The molecule has 0 amide bonds. The second-order valence-corrected chi connectivity index (χ2v) is 6.74. The summed E-state index contributed by atoms with van der Waals surface area (Å²) in [5, 5.41) is 30.0. The summed E-state index contributed by atoms with van der Waals surface area (Å²) in [7, 11) is 0. The largest absolute Gasteiger partial charge is 0.481 e. The highest BCUT2D eigenvalue weighted by Crippen LogP contribution is 2.33. The Morgan fingerprint density at radius 1 is 1.11 bits per heavy atom. The summed E-state index contributed by atoms with van der Waals surface area (Å²) < 4.78 is 0. The van der Waals surface area contributed by atoms with Crippen molar-refractivity contribution in [3.8, 4) is 0 Å². The fourth-order valence-electron chi connectivity index (χ4n) is 2.24. The van der Waals surface area contributed by atoms with Crippen molar-refractivity contribution in [3.05, 3.63) is 58.1 Å². The maximum atomic E-state index is 10.8. The summed E-state index contributed by atoms with van der Waals surface area (Å²) in [5.41, 5.74) is 1.93. The van der Waals surface area contributed by atoms with Crippen LogP contribution in [0.5, 0.6) is 0 Å². The normalized spacial score (nSPS) is 11.3. The number of anilines is 2. The molecule has 0 aliphatic heterocycles. The van der Waals surface area contributed by atoms with Crippen molar-refractivity contribution < 1.29 is 20.1 Å². The molecule has 0 heterocycles. The number of aliphatic hydroxyl groups is 2. The van der Waals surface area contributed by atoms with Gasteiger partial charge >= 0.3 is 5.97 Å². The first-order valence-corrected chi connectivity index (χ1v) is 9.44. The van der Waals surface area contributed by atoms with E-state index in [2.05, 4.69) is 12.2 Å². The van der Waals surface area contributed by atoms with Crippen LogP contribution in [0.2, 0.25) is 10.0 Å². The van der Waals surface area contributed by atoms with E-state index in [1.54, 1.807) is 36.4 Å². The van der Waals surface area contributed by atoms with Crippen LogP contribution in [0.4, 0.5) is 11.4 Å². The maximum Gasteiger partial charge on any atom is 0.307 e. The topological polar surface area (TPSA) is 89.8 Å². The molecule has 0 bridgehead atoms. The highest BCUT2D eigenvalue weighted by atomic mass is 35.5. The Hall–Kier alpha value is -1.79. The molecule has 0 saturated carbocycles. The number of carbonyl (C=O) groups is 1. The predicted molar refractivity (Wildman–Crippen MR) is 110 cm³/mol. The van der Waals surface area contributed by atoms with E-state index in [4.69, 9.17) is 38.5 Å². The van der Waals surface area contributed by atoms with Crippen LogP contribution in [0, 0.1) is 0 Å². The molecule has 0 spiro atoms. The van der Waals surface area contributed by atoms with E-state index in [-0.39, 0.29) is 13.0 Å². The summed E-state index contributed by atoms with van der Waals surface area (Å²) in [5.74, 6) is -0.889. The first-order valence-electron chi connectivity index (χ1n) is 8.68. The third-order valence-corrected chi connectivity index (χ3v) is 4.31. The van der Waals surface area contributed by atoms with E-state index in [0.29, 0.717) is 27.0 Å². The fraction of sp³-hybridized carbons (Fsp3) is 0.350. The molecule has 4 N–H and O–H groups in total. The van der Waals surface area contributed by atoms with Gasteiger partial charge in [0, 0.05) is 5.69 Å². The number of para-hydroxylation sites is 2. The highest BCUT2D eigenvalue weighted by Gasteiger charge is 2.10. The maximum absolute atomic E-state index is 10.8. The monoisotopic (exact) mass is 413 g/mol. The van der Waals surface area contributed by atoms with E-state index in [0.717, 1.165) is 19.3 Å². The molecule has 148 valence electrons. The van der Waals surface area contributed by atoms with Crippen molar-refractivity contribution in [1.82, 2.24) is 0 Å². The predicted octanol–water partition coefficient (Wildman–Crippen LogP) is 4.89. The number of hydrogen-bond acceptors (Lipinski definition) is 4. The summed E-state index contributed by atoms with van der Waals surface area (Å²) >= 11 is 12.1. The number of carboxylic acid groups (broad SMARTS) is 1. The minimum absolute atomic E-state index is 0.0642. The lowest BCUT2D eigenvalue weighted by Gasteiger charge is -2.13. The smallest absolute Gasteiger partial charge is 0.307 e. The van der Waals surface area contributed by atoms with Crippen LogP contribution >= 0.6 is 23.2 Å². The van der Waals surface area contributed by atoms with Gasteiger partial charge in [-0.2, -0.15) is 0 Å². The SMILES string of the molecule is CCCCC(O)CO.O=C(O)Cc1ccccc1Nc1c(Cl)cccc1Cl. The second kappa shape index (κ2) is 12.6. The van der Waals surface area contributed by atoms with Crippen LogP contribution in [0.25, 0.3) is 0 Å². The van der Waals surface area contributed by atoms with Crippen LogP contribution in [-0.4, -0.2) is 34.0 Å². The Kier molecular flexibility index (Phi) is 10.8. The minimum atomic E-state index is -0.889. The van der Waals surface area contributed by atoms with Crippen LogP contribution in [-0.2, 0) is 11.2 Å². The lowest BCUT2D eigenvalue weighted by Crippen LogP contribution is -2.10. The first kappa shape index (κ1) is 23.2. The summed E-state index contributed by atoms with van der Waals surface area (Å²) in [6, 6.07) is 12.3. The van der Waals surface area contributed by atoms with E-state index < -0.39 is 12.1 Å². The molecular weight excluding hydrogens is 389 g/mol.